The Morgan fingerprint density at radius 2 is 1.95 bits per heavy atom. The van der Waals surface area contributed by atoms with Crippen molar-refractivity contribution in [3.05, 3.63) is 28.0 Å². The zero-order valence-corrected chi connectivity index (χ0v) is 14.2. The molecule has 0 spiro atoms. The molecule has 0 aromatic heterocycles. The van der Waals surface area contributed by atoms with E-state index in [1.165, 1.54) is 6.07 Å². The molecular formula is C16H20BrFN2O. The fraction of sp³-hybridized carbons (Fsp3) is 0.500. The van der Waals surface area contributed by atoms with Gasteiger partial charge in [-0.05, 0) is 53.4 Å². The van der Waals surface area contributed by atoms with Crippen LogP contribution in [-0.4, -0.2) is 5.91 Å². The van der Waals surface area contributed by atoms with Gasteiger partial charge in [0.05, 0.1) is 10.5 Å². The van der Waals surface area contributed by atoms with Gasteiger partial charge in [0.1, 0.15) is 11.2 Å². The van der Waals surface area contributed by atoms with Crippen molar-refractivity contribution in [2.75, 3.05) is 5.32 Å². The summed E-state index contributed by atoms with van der Waals surface area (Å²) < 4.78 is 14.0. The first-order valence-electron chi connectivity index (χ1n) is 7.08. The third-order valence-corrected chi connectivity index (χ3v) is 4.13. The molecule has 1 rings (SSSR count). The Bertz CT molecular complexity index is 560. The van der Waals surface area contributed by atoms with Gasteiger partial charge in [-0.3, -0.25) is 4.79 Å². The summed E-state index contributed by atoms with van der Waals surface area (Å²) in [5.74, 6) is -0.789. The minimum Gasteiger partial charge on any atom is -0.324 e. The van der Waals surface area contributed by atoms with Crippen molar-refractivity contribution in [3.8, 4) is 6.07 Å². The van der Waals surface area contributed by atoms with Gasteiger partial charge in [-0.15, -0.1) is 0 Å². The van der Waals surface area contributed by atoms with Crippen LogP contribution in [0.15, 0.2) is 16.6 Å². The fourth-order valence-corrected chi connectivity index (χ4v) is 2.85. The highest BCUT2D eigenvalue weighted by Gasteiger charge is 2.37. The van der Waals surface area contributed by atoms with Crippen molar-refractivity contribution in [1.82, 2.24) is 0 Å². The van der Waals surface area contributed by atoms with E-state index in [4.69, 9.17) is 0 Å². The summed E-state index contributed by atoms with van der Waals surface area (Å²) in [6.45, 7) is 5.67. The number of hydrogen-bond acceptors (Lipinski definition) is 2. The highest BCUT2D eigenvalue weighted by Crippen LogP contribution is 2.32. The van der Waals surface area contributed by atoms with E-state index in [2.05, 4.69) is 27.3 Å². The second-order valence-electron chi connectivity index (χ2n) is 5.23. The van der Waals surface area contributed by atoms with Crippen LogP contribution in [-0.2, 0) is 4.79 Å². The van der Waals surface area contributed by atoms with E-state index in [1.54, 1.807) is 13.0 Å². The van der Waals surface area contributed by atoms with Crippen molar-refractivity contribution in [2.45, 2.75) is 46.5 Å². The monoisotopic (exact) mass is 354 g/mol. The van der Waals surface area contributed by atoms with E-state index in [0.717, 1.165) is 18.4 Å². The van der Waals surface area contributed by atoms with E-state index in [9.17, 15) is 14.4 Å². The highest BCUT2D eigenvalue weighted by molar-refractivity contribution is 9.10. The van der Waals surface area contributed by atoms with Gasteiger partial charge in [-0.1, -0.05) is 26.7 Å². The quantitative estimate of drug-likeness (QED) is 0.785. The number of nitrogens with one attached hydrogen (secondary N) is 1. The number of aryl methyl sites for hydroxylation is 1. The van der Waals surface area contributed by atoms with Gasteiger partial charge in [-0.2, -0.15) is 5.26 Å². The van der Waals surface area contributed by atoms with E-state index in [-0.39, 0.29) is 5.91 Å². The van der Waals surface area contributed by atoms with Gasteiger partial charge in [0.25, 0.3) is 0 Å². The Kier molecular flexibility index (Phi) is 6.35. The minimum absolute atomic E-state index is 0.349. The van der Waals surface area contributed by atoms with Crippen molar-refractivity contribution in [3.63, 3.8) is 0 Å². The van der Waals surface area contributed by atoms with E-state index in [0.29, 0.717) is 23.0 Å². The molecule has 21 heavy (non-hydrogen) atoms. The molecule has 3 nitrogen and oxygen atoms in total. The van der Waals surface area contributed by atoms with Crippen LogP contribution in [0.4, 0.5) is 10.1 Å². The number of nitriles is 1. The third-order valence-electron chi connectivity index (χ3n) is 3.52. The molecule has 0 heterocycles. The van der Waals surface area contributed by atoms with Crippen LogP contribution in [0.5, 0.6) is 0 Å². The molecule has 5 heteroatoms. The average Bonchev–Trinajstić information content (AvgIpc) is 2.44. The van der Waals surface area contributed by atoms with Crippen molar-refractivity contribution in [2.24, 2.45) is 5.41 Å². The van der Waals surface area contributed by atoms with Crippen molar-refractivity contribution >= 4 is 27.5 Å². The van der Waals surface area contributed by atoms with Gasteiger partial charge in [0.2, 0.25) is 5.91 Å². The molecule has 0 aliphatic heterocycles. The predicted molar refractivity (Wildman–Crippen MR) is 85.3 cm³/mol. The summed E-state index contributed by atoms with van der Waals surface area (Å²) >= 11 is 3.11. The van der Waals surface area contributed by atoms with Crippen molar-refractivity contribution in [1.29, 1.82) is 5.26 Å². The lowest BCUT2D eigenvalue weighted by molar-refractivity contribution is -0.123. The van der Waals surface area contributed by atoms with Crippen LogP contribution in [0, 0.1) is 29.5 Å². The van der Waals surface area contributed by atoms with Crippen LogP contribution >= 0.6 is 15.9 Å². The van der Waals surface area contributed by atoms with Crippen LogP contribution in [0.25, 0.3) is 0 Å². The summed E-state index contributed by atoms with van der Waals surface area (Å²) in [5, 5.41) is 12.2. The Morgan fingerprint density at radius 1 is 1.38 bits per heavy atom. The molecule has 0 aliphatic carbocycles. The molecule has 1 N–H and O–H groups in total. The summed E-state index contributed by atoms with van der Waals surface area (Å²) in [7, 11) is 0. The fourth-order valence-electron chi connectivity index (χ4n) is 2.39. The molecule has 114 valence electrons. The number of halogens is 2. The smallest absolute Gasteiger partial charge is 0.244 e. The maximum atomic E-state index is 13.6. The normalized spacial score (nSPS) is 11.0. The number of rotatable bonds is 6. The Balaban J connectivity index is 3.08. The maximum Gasteiger partial charge on any atom is 0.244 e. The van der Waals surface area contributed by atoms with Gasteiger partial charge in [-0.25, -0.2) is 4.39 Å². The predicted octanol–water partition coefficient (Wildman–Crippen LogP) is 4.95. The van der Waals surface area contributed by atoms with Gasteiger partial charge in [0.15, 0.2) is 0 Å². The lowest BCUT2D eigenvalue weighted by Crippen LogP contribution is -2.35. The topological polar surface area (TPSA) is 52.9 Å². The second-order valence-corrected chi connectivity index (χ2v) is 6.08. The van der Waals surface area contributed by atoms with Crippen LogP contribution < -0.4 is 5.32 Å². The van der Waals surface area contributed by atoms with E-state index in [1.807, 2.05) is 13.8 Å². The van der Waals surface area contributed by atoms with E-state index < -0.39 is 11.2 Å². The maximum absolute atomic E-state index is 13.6. The third kappa shape index (κ3) is 4.04. The molecule has 0 bridgehead atoms. The lowest BCUT2D eigenvalue weighted by atomic mass is 9.79. The molecule has 1 aromatic carbocycles. The Morgan fingerprint density at radius 3 is 2.43 bits per heavy atom. The minimum atomic E-state index is -1.04. The molecule has 1 aromatic rings. The molecule has 1 amide bonds. The number of carbonyl (C=O) groups is 1. The van der Waals surface area contributed by atoms with Gasteiger partial charge in [0, 0.05) is 5.69 Å². The largest absolute Gasteiger partial charge is 0.324 e. The molecule has 0 aliphatic rings. The molecule has 0 fully saturated rings. The summed E-state index contributed by atoms with van der Waals surface area (Å²) in [6.07, 6.45) is 2.49. The first kappa shape index (κ1) is 17.6. The number of amides is 1. The highest BCUT2D eigenvalue weighted by atomic mass is 79.9. The molecule has 0 saturated carbocycles. The number of nitrogens with zero attached hydrogens (tertiary/aromatic N) is 1. The average molecular weight is 355 g/mol. The zero-order chi connectivity index (χ0) is 16.0. The van der Waals surface area contributed by atoms with E-state index >= 15 is 0 Å². The molecule has 0 atom stereocenters. The molecule has 0 radical (unpaired) electrons. The summed E-state index contributed by atoms with van der Waals surface area (Å²) in [6, 6.07) is 5.05. The van der Waals surface area contributed by atoms with Gasteiger partial charge < -0.3 is 5.32 Å². The first-order valence-corrected chi connectivity index (χ1v) is 7.87. The first-order chi connectivity index (χ1) is 9.90. The van der Waals surface area contributed by atoms with Crippen molar-refractivity contribution < 1.29 is 9.18 Å². The SMILES string of the molecule is CCCC(C#N)(CCC)C(=O)Nc1cc(F)c(Br)cc1C. The standard InChI is InChI=1S/C16H20BrFN2O/c1-4-6-16(10-19,7-5-2)15(21)20-14-9-13(18)12(17)8-11(14)3/h8-9H,4-7H2,1-3H3,(H,20,21). The van der Waals surface area contributed by atoms with Gasteiger partial charge >= 0.3 is 0 Å². The summed E-state index contributed by atoms with van der Waals surface area (Å²) in [5.41, 5.74) is 0.114. The zero-order valence-electron chi connectivity index (χ0n) is 12.6. The Hall–Kier alpha value is -1.41. The number of hydrogen-bond donors (Lipinski definition) is 1. The van der Waals surface area contributed by atoms with Crippen LogP contribution in [0.1, 0.15) is 45.1 Å². The molecular weight excluding hydrogens is 335 g/mol. The van der Waals surface area contributed by atoms with Crippen LogP contribution in [0.3, 0.4) is 0 Å². The van der Waals surface area contributed by atoms with Crippen LogP contribution in [0.2, 0.25) is 0 Å². The molecule has 0 saturated heterocycles. The molecule has 0 unspecified atom stereocenters. The lowest BCUT2D eigenvalue weighted by Gasteiger charge is -2.25. The Labute approximate surface area is 133 Å². The number of anilines is 1. The number of benzene rings is 1. The second kappa shape index (κ2) is 7.56. The summed E-state index contributed by atoms with van der Waals surface area (Å²) in [4.78, 5) is 12.5. The number of carbonyl (C=O) groups excluding carboxylic acids is 1.